The Morgan fingerprint density at radius 2 is 1.67 bits per heavy atom. The van der Waals surface area contributed by atoms with Gasteiger partial charge in [0.05, 0.1) is 6.54 Å². The zero-order valence-electron chi connectivity index (χ0n) is 11.5. The van der Waals surface area contributed by atoms with Crippen LogP contribution in [0.2, 0.25) is 5.02 Å². The first-order chi connectivity index (χ1) is 10.1. The molecule has 4 nitrogen and oxygen atoms in total. The predicted molar refractivity (Wildman–Crippen MR) is 83.5 cm³/mol. The molecule has 0 bridgehead atoms. The van der Waals surface area contributed by atoms with E-state index in [-0.39, 0.29) is 18.4 Å². The Morgan fingerprint density at radius 3 is 2.29 bits per heavy atom. The Labute approximate surface area is 128 Å². The number of halogens is 1. The number of amides is 2. The maximum absolute atomic E-state index is 12.1. The van der Waals surface area contributed by atoms with Gasteiger partial charge in [0.2, 0.25) is 5.91 Å². The van der Waals surface area contributed by atoms with Crippen molar-refractivity contribution in [3.63, 3.8) is 0 Å². The molecule has 1 N–H and O–H groups in total. The number of nitrogens with zero attached hydrogens (tertiary/aromatic N) is 1. The average molecular weight is 303 g/mol. The molecule has 0 aliphatic carbocycles. The van der Waals surface area contributed by atoms with Gasteiger partial charge in [-0.05, 0) is 36.4 Å². The topological polar surface area (TPSA) is 49.4 Å². The molecule has 108 valence electrons. The van der Waals surface area contributed by atoms with E-state index < -0.39 is 0 Å². The van der Waals surface area contributed by atoms with Crippen molar-refractivity contribution in [3.8, 4) is 0 Å². The normalized spacial score (nSPS) is 10.0. The monoisotopic (exact) mass is 302 g/mol. The first kappa shape index (κ1) is 15.1. The number of benzene rings is 2. The number of anilines is 1. The summed E-state index contributed by atoms with van der Waals surface area (Å²) in [5, 5.41) is 3.32. The Balaban J connectivity index is 1.93. The van der Waals surface area contributed by atoms with Gasteiger partial charge in [-0.2, -0.15) is 0 Å². The fourth-order valence-corrected chi connectivity index (χ4v) is 1.95. The van der Waals surface area contributed by atoms with Crippen molar-refractivity contribution in [2.75, 3.05) is 18.9 Å². The third-order valence-electron chi connectivity index (χ3n) is 2.88. The van der Waals surface area contributed by atoms with E-state index in [0.717, 1.165) is 0 Å². The number of hydrogen-bond acceptors (Lipinski definition) is 2. The zero-order valence-corrected chi connectivity index (χ0v) is 12.3. The molecule has 0 fully saturated rings. The van der Waals surface area contributed by atoms with Gasteiger partial charge >= 0.3 is 0 Å². The number of likely N-dealkylation sites (N-methyl/N-ethyl adjacent to an activating group) is 1. The summed E-state index contributed by atoms with van der Waals surface area (Å²) in [6, 6.07) is 15.6. The molecule has 2 amide bonds. The second-order valence-corrected chi connectivity index (χ2v) is 5.02. The third kappa shape index (κ3) is 4.33. The van der Waals surface area contributed by atoms with Gasteiger partial charge in [-0.25, -0.2) is 0 Å². The molecule has 0 saturated heterocycles. The number of hydrogen-bond donors (Lipinski definition) is 1. The van der Waals surface area contributed by atoms with E-state index in [1.54, 1.807) is 55.6 Å². The van der Waals surface area contributed by atoms with Crippen LogP contribution in [0.4, 0.5) is 5.69 Å². The minimum absolute atomic E-state index is 0.0175. The molecule has 0 spiro atoms. The van der Waals surface area contributed by atoms with Crippen LogP contribution in [0, 0.1) is 0 Å². The van der Waals surface area contributed by atoms with E-state index in [0.29, 0.717) is 16.3 Å². The lowest BCUT2D eigenvalue weighted by molar-refractivity contribution is -0.116. The number of carbonyl (C=O) groups is 2. The molecular formula is C16H15ClN2O2. The lowest BCUT2D eigenvalue weighted by atomic mass is 10.2. The second kappa shape index (κ2) is 6.90. The molecule has 2 rings (SSSR count). The number of nitrogens with one attached hydrogen (secondary N) is 1. The first-order valence-corrected chi connectivity index (χ1v) is 6.80. The summed E-state index contributed by atoms with van der Waals surface area (Å²) in [7, 11) is 1.59. The lowest BCUT2D eigenvalue weighted by Crippen LogP contribution is -2.34. The van der Waals surface area contributed by atoms with Gasteiger partial charge in [0.15, 0.2) is 0 Å². The maximum Gasteiger partial charge on any atom is 0.254 e. The predicted octanol–water partition coefficient (Wildman–Crippen LogP) is 3.05. The van der Waals surface area contributed by atoms with Crippen molar-refractivity contribution in [2.24, 2.45) is 0 Å². The average Bonchev–Trinajstić information content (AvgIpc) is 2.49. The van der Waals surface area contributed by atoms with Crippen LogP contribution in [0.5, 0.6) is 0 Å². The van der Waals surface area contributed by atoms with Crippen molar-refractivity contribution in [1.29, 1.82) is 0 Å². The molecule has 0 atom stereocenters. The molecule has 0 radical (unpaired) electrons. The van der Waals surface area contributed by atoms with Crippen molar-refractivity contribution < 1.29 is 9.59 Å². The minimum atomic E-state index is -0.260. The molecule has 0 unspecified atom stereocenters. The largest absolute Gasteiger partial charge is 0.332 e. The Hall–Kier alpha value is -2.33. The summed E-state index contributed by atoms with van der Waals surface area (Å²) in [5.41, 5.74) is 1.20. The van der Waals surface area contributed by atoms with Gasteiger partial charge in [-0.3, -0.25) is 9.59 Å². The molecule has 0 aliphatic rings. The van der Waals surface area contributed by atoms with Crippen molar-refractivity contribution >= 4 is 29.1 Å². The molecule has 2 aromatic rings. The van der Waals surface area contributed by atoms with Crippen LogP contribution in [0.1, 0.15) is 10.4 Å². The SMILES string of the molecule is CN(CC(=O)Nc1ccc(Cl)cc1)C(=O)c1ccccc1. The summed E-state index contributed by atoms with van der Waals surface area (Å²) in [6.45, 7) is -0.0175. The quantitative estimate of drug-likeness (QED) is 0.943. The van der Waals surface area contributed by atoms with Crippen LogP contribution in [0.3, 0.4) is 0 Å². The smallest absolute Gasteiger partial charge is 0.254 e. The van der Waals surface area contributed by atoms with Crippen LogP contribution < -0.4 is 5.32 Å². The summed E-state index contributed by atoms with van der Waals surface area (Å²) < 4.78 is 0. The number of rotatable bonds is 4. The summed E-state index contributed by atoms with van der Waals surface area (Å²) in [6.07, 6.45) is 0. The van der Waals surface area contributed by atoms with Gasteiger partial charge in [-0.1, -0.05) is 29.8 Å². The molecule has 0 aliphatic heterocycles. The van der Waals surface area contributed by atoms with Gasteiger partial charge < -0.3 is 10.2 Å². The van der Waals surface area contributed by atoms with Crippen LogP contribution in [-0.2, 0) is 4.79 Å². The molecule has 2 aromatic carbocycles. The van der Waals surface area contributed by atoms with E-state index in [4.69, 9.17) is 11.6 Å². The second-order valence-electron chi connectivity index (χ2n) is 4.58. The van der Waals surface area contributed by atoms with Gasteiger partial charge in [-0.15, -0.1) is 0 Å². The van der Waals surface area contributed by atoms with Gasteiger partial charge in [0, 0.05) is 23.3 Å². The number of carbonyl (C=O) groups excluding carboxylic acids is 2. The standard InChI is InChI=1S/C16H15ClN2O2/c1-19(16(21)12-5-3-2-4-6-12)11-15(20)18-14-9-7-13(17)8-10-14/h2-10H,11H2,1H3,(H,18,20). The van der Waals surface area contributed by atoms with Crippen molar-refractivity contribution in [2.45, 2.75) is 0 Å². The zero-order chi connectivity index (χ0) is 15.2. The molecule has 5 heteroatoms. The summed E-state index contributed by atoms with van der Waals surface area (Å²) in [4.78, 5) is 25.4. The van der Waals surface area contributed by atoms with E-state index in [1.165, 1.54) is 4.90 Å². The van der Waals surface area contributed by atoms with E-state index in [9.17, 15) is 9.59 Å². The molecule has 0 saturated carbocycles. The third-order valence-corrected chi connectivity index (χ3v) is 3.13. The fraction of sp³-hybridized carbons (Fsp3) is 0.125. The highest BCUT2D eigenvalue weighted by molar-refractivity contribution is 6.30. The van der Waals surface area contributed by atoms with Crippen molar-refractivity contribution in [1.82, 2.24) is 4.90 Å². The Kier molecular flexibility index (Phi) is 4.95. The minimum Gasteiger partial charge on any atom is -0.332 e. The molecule has 0 aromatic heterocycles. The molecule has 21 heavy (non-hydrogen) atoms. The van der Waals surface area contributed by atoms with Crippen molar-refractivity contribution in [3.05, 3.63) is 65.2 Å². The van der Waals surface area contributed by atoms with Gasteiger partial charge in [0.1, 0.15) is 0 Å². The highest BCUT2D eigenvalue weighted by Crippen LogP contribution is 2.13. The van der Waals surface area contributed by atoms with Gasteiger partial charge in [0.25, 0.3) is 5.91 Å². The van der Waals surface area contributed by atoms with E-state index >= 15 is 0 Å². The highest BCUT2D eigenvalue weighted by Gasteiger charge is 2.14. The molecule has 0 heterocycles. The Bertz CT molecular complexity index is 626. The summed E-state index contributed by atoms with van der Waals surface area (Å²) in [5.74, 6) is -0.453. The van der Waals surface area contributed by atoms with E-state index in [2.05, 4.69) is 5.32 Å². The highest BCUT2D eigenvalue weighted by atomic mass is 35.5. The first-order valence-electron chi connectivity index (χ1n) is 6.42. The Morgan fingerprint density at radius 1 is 1.05 bits per heavy atom. The maximum atomic E-state index is 12.1. The van der Waals surface area contributed by atoms with E-state index in [1.807, 2.05) is 6.07 Å². The molecular weight excluding hydrogens is 288 g/mol. The van der Waals surface area contributed by atoms with Crippen LogP contribution in [-0.4, -0.2) is 30.3 Å². The van der Waals surface area contributed by atoms with Crippen LogP contribution in [0.25, 0.3) is 0 Å². The van der Waals surface area contributed by atoms with Crippen LogP contribution in [0.15, 0.2) is 54.6 Å². The lowest BCUT2D eigenvalue weighted by Gasteiger charge is -2.16. The fourth-order valence-electron chi connectivity index (χ4n) is 1.82. The summed E-state index contributed by atoms with van der Waals surface area (Å²) >= 11 is 5.78. The van der Waals surface area contributed by atoms with Crippen LogP contribution >= 0.6 is 11.6 Å².